The Kier molecular flexibility index (Phi) is 5.14. The summed E-state index contributed by atoms with van der Waals surface area (Å²) < 4.78 is 10.4. The Morgan fingerprint density at radius 2 is 1.73 bits per heavy atom. The number of aromatic nitrogens is 2. The highest BCUT2D eigenvalue weighted by Gasteiger charge is 2.38. The second kappa shape index (κ2) is 7.90. The molecule has 2 aromatic carbocycles. The van der Waals surface area contributed by atoms with Gasteiger partial charge in [-0.2, -0.15) is 0 Å². The lowest BCUT2D eigenvalue weighted by molar-refractivity contribution is -0.483. The Morgan fingerprint density at radius 1 is 1.03 bits per heavy atom. The third-order valence-electron chi connectivity index (χ3n) is 5.48. The third kappa shape index (κ3) is 3.36. The van der Waals surface area contributed by atoms with Crippen molar-refractivity contribution in [2.75, 3.05) is 20.8 Å². The molecule has 0 radical (unpaired) electrons. The van der Waals surface area contributed by atoms with Gasteiger partial charge in [-0.1, -0.05) is 18.2 Å². The second-order valence-corrected chi connectivity index (χ2v) is 7.07. The Hall–Kier alpha value is -3.81. The molecule has 0 amide bonds. The maximum atomic E-state index is 12.9. The van der Waals surface area contributed by atoms with Crippen LogP contribution >= 0.6 is 0 Å². The number of fused-ring (bicyclic) bond motifs is 2. The molecule has 0 aliphatic heterocycles. The highest BCUT2D eigenvalue weighted by atomic mass is 16.6. The number of para-hydroxylation sites is 1. The zero-order valence-electron chi connectivity index (χ0n) is 16.5. The van der Waals surface area contributed by atoms with E-state index in [-0.39, 0.29) is 0 Å². The van der Waals surface area contributed by atoms with Crippen LogP contribution in [0.25, 0.3) is 21.8 Å². The summed E-state index contributed by atoms with van der Waals surface area (Å²) in [5.74, 6) is -1.50. The molecule has 154 valence electrons. The molecule has 8 nitrogen and oxygen atoms in total. The average Bonchev–Trinajstić information content (AvgIpc) is 3.36. The Bertz CT molecular complexity index is 1230. The van der Waals surface area contributed by atoms with Crippen LogP contribution in [-0.4, -0.2) is 41.6 Å². The zero-order valence-corrected chi connectivity index (χ0v) is 16.5. The van der Waals surface area contributed by atoms with E-state index in [0.29, 0.717) is 16.9 Å². The first-order valence-electron chi connectivity index (χ1n) is 9.44. The summed E-state index contributed by atoms with van der Waals surface area (Å²) >= 11 is 0. The SMILES string of the molecule is COC(=O)[C@@H](c1c[nH]c2ccccc12)[C@@H](C[N+](=O)[O-])c1c[nH]c2ccc(OC)cc12. The summed E-state index contributed by atoms with van der Waals surface area (Å²) in [6.07, 6.45) is 3.46. The highest BCUT2D eigenvalue weighted by Crippen LogP contribution is 2.41. The molecule has 0 spiro atoms. The van der Waals surface area contributed by atoms with Gasteiger partial charge in [-0.3, -0.25) is 14.9 Å². The largest absolute Gasteiger partial charge is 0.497 e. The minimum atomic E-state index is -0.859. The second-order valence-electron chi connectivity index (χ2n) is 7.07. The Balaban J connectivity index is 1.93. The van der Waals surface area contributed by atoms with Crippen molar-refractivity contribution >= 4 is 27.8 Å². The Morgan fingerprint density at radius 3 is 2.43 bits per heavy atom. The number of carbonyl (C=O) groups excluding carboxylic acids is 1. The number of nitrogens with one attached hydrogen (secondary N) is 2. The van der Waals surface area contributed by atoms with Gasteiger partial charge in [0.1, 0.15) is 5.75 Å². The normalized spacial score (nSPS) is 13.3. The van der Waals surface area contributed by atoms with Gasteiger partial charge in [0.25, 0.3) is 0 Å². The molecule has 4 rings (SSSR count). The molecule has 0 saturated carbocycles. The lowest BCUT2D eigenvalue weighted by atomic mass is 9.81. The van der Waals surface area contributed by atoms with Crippen LogP contribution in [0.3, 0.4) is 0 Å². The fourth-order valence-corrected chi connectivity index (χ4v) is 4.09. The van der Waals surface area contributed by atoms with Crippen molar-refractivity contribution in [2.24, 2.45) is 0 Å². The number of nitrogens with zero attached hydrogens (tertiary/aromatic N) is 1. The van der Waals surface area contributed by atoms with Crippen molar-refractivity contribution in [2.45, 2.75) is 11.8 Å². The summed E-state index contributed by atoms with van der Waals surface area (Å²) in [6, 6.07) is 13.0. The molecule has 2 N–H and O–H groups in total. The topological polar surface area (TPSA) is 110 Å². The van der Waals surface area contributed by atoms with Crippen LogP contribution in [0.5, 0.6) is 5.75 Å². The monoisotopic (exact) mass is 407 g/mol. The fourth-order valence-electron chi connectivity index (χ4n) is 4.09. The molecule has 0 aliphatic carbocycles. The van der Waals surface area contributed by atoms with Crippen LogP contribution in [0.2, 0.25) is 0 Å². The predicted molar refractivity (Wildman–Crippen MR) is 113 cm³/mol. The van der Waals surface area contributed by atoms with E-state index < -0.39 is 29.3 Å². The number of rotatable bonds is 7. The number of methoxy groups -OCH3 is 2. The lowest BCUT2D eigenvalue weighted by Gasteiger charge is -2.22. The van der Waals surface area contributed by atoms with E-state index in [2.05, 4.69) is 9.97 Å². The van der Waals surface area contributed by atoms with Gasteiger partial charge in [0, 0.05) is 39.1 Å². The fraction of sp³-hybridized carbons (Fsp3) is 0.227. The summed E-state index contributed by atoms with van der Waals surface area (Å²) in [4.78, 5) is 30.5. The number of carbonyl (C=O) groups is 1. The van der Waals surface area contributed by atoms with Crippen molar-refractivity contribution in [3.8, 4) is 5.75 Å². The first-order chi connectivity index (χ1) is 14.5. The standard InChI is InChI=1S/C22H21N3O5/c1-29-13-7-8-20-15(9-13)16(10-23-20)18(12-25(27)28)21(22(26)30-2)17-11-24-19-6-4-3-5-14(17)19/h3-11,18,21,23-24H,12H2,1-2H3/t18-,21-/m0/s1. The number of H-pyrrole nitrogens is 2. The number of ether oxygens (including phenoxy) is 2. The summed E-state index contributed by atoms with van der Waals surface area (Å²) in [5, 5.41) is 13.2. The summed E-state index contributed by atoms with van der Waals surface area (Å²) in [6.45, 7) is -0.427. The van der Waals surface area contributed by atoms with Gasteiger partial charge in [-0.05, 0) is 35.4 Å². The van der Waals surface area contributed by atoms with Crippen molar-refractivity contribution in [3.63, 3.8) is 0 Å². The molecule has 0 saturated heterocycles. The van der Waals surface area contributed by atoms with Gasteiger partial charge in [0.05, 0.1) is 26.1 Å². The van der Waals surface area contributed by atoms with E-state index in [1.165, 1.54) is 7.11 Å². The van der Waals surface area contributed by atoms with Crippen LogP contribution in [-0.2, 0) is 9.53 Å². The molecule has 0 unspecified atom stereocenters. The molecule has 2 aromatic heterocycles. The number of benzene rings is 2. The van der Waals surface area contributed by atoms with Crippen LogP contribution in [0.1, 0.15) is 23.0 Å². The first-order valence-corrected chi connectivity index (χ1v) is 9.44. The van der Waals surface area contributed by atoms with Crippen LogP contribution in [0, 0.1) is 10.1 Å². The summed E-state index contributed by atoms with van der Waals surface area (Å²) in [5.41, 5.74) is 2.99. The molecule has 4 aromatic rings. The predicted octanol–water partition coefficient (Wildman–Crippen LogP) is 3.97. The average molecular weight is 407 g/mol. The number of hydrogen-bond donors (Lipinski definition) is 2. The molecule has 0 aliphatic rings. The van der Waals surface area contributed by atoms with E-state index in [9.17, 15) is 14.9 Å². The van der Waals surface area contributed by atoms with Crippen LogP contribution in [0.4, 0.5) is 0 Å². The maximum Gasteiger partial charge on any atom is 0.314 e. The third-order valence-corrected chi connectivity index (χ3v) is 5.48. The van der Waals surface area contributed by atoms with Crippen LogP contribution in [0.15, 0.2) is 54.9 Å². The first kappa shape index (κ1) is 19.5. The molecule has 2 heterocycles. The molecular weight excluding hydrogens is 386 g/mol. The smallest absolute Gasteiger partial charge is 0.314 e. The lowest BCUT2D eigenvalue weighted by Crippen LogP contribution is -2.27. The number of nitro groups is 1. The molecule has 2 atom stereocenters. The highest BCUT2D eigenvalue weighted by molar-refractivity contribution is 5.92. The number of aromatic amines is 2. The van der Waals surface area contributed by atoms with Gasteiger partial charge in [0.15, 0.2) is 0 Å². The van der Waals surface area contributed by atoms with Crippen molar-refractivity contribution in [1.29, 1.82) is 0 Å². The number of esters is 1. The van der Waals surface area contributed by atoms with Gasteiger partial charge >= 0.3 is 5.97 Å². The minimum Gasteiger partial charge on any atom is -0.497 e. The quantitative estimate of drug-likeness (QED) is 0.274. The molecule has 8 heteroatoms. The van der Waals surface area contributed by atoms with E-state index in [4.69, 9.17) is 9.47 Å². The molecule has 0 bridgehead atoms. The van der Waals surface area contributed by atoms with E-state index in [0.717, 1.165) is 21.8 Å². The van der Waals surface area contributed by atoms with Gasteiger partial charge in [-0.25, -0.2) is 0 Å². The van der Waals surface area contributed by atoms with Crippen molar-refractivity contribution in [3.05, 3.63) is 76.1 Å². The number of hydrogen-bond acceptors (Lipinski definition) is 5. The van der Waals surface area contributed by atoms with Gasteiger partial charge in [-0.15, -0.1) is 0 Å². The summed E-state index contributed by atoms with van der Waals surface area (Å²) in [7, 11) is 2.86. The van der Waals surface area contributed by atoms with E-state index in [1.807, 2.05) is 42.5 Å². The minimum absolute atomic E-state index is 0.394. The van der Waals surface area contributed by atoms with E-state index in [1.54, 1.807) is 19.5 Å². The molecule has 0 fully saturated rings. The zero-order chi connectivity index (χ0) is 21.3. The molecule has 30 heavy (non-hydrogen) atoms. The van der Waals surface area contributed by atoms with Gasteiger partial charge < -0.3 is 19.4 Å². The van der Waals surface area contributed by atoms with Crippen molar-refractivity contribution < 1.29 is 19.2 Å². The van der Waals surface area contributed by atoms with Crippen LogP contribution < -0.4 is 4.74 Å². The molecular formula is C22H21N3O5. The van der Waals surface area contributed by atoms with Crippen molar-refractivity contribution in [1.82, 2.24) is 9.97 Å². The van der Waals surface area contributed by atoms with Gasteiger partial charge in [0.2, 0.25) is 6.54 Å². The van der Waals surface area contributed by atoms with E-state index >= 15 is 0 Å². The maximum absolute atomic E-state index is 12.9. The Labute approximate surface area is 172 Å².